The summed E-state index contributed by atoms with van der Waals surface area (Å²) in [6.45, 7) is 9.31. The van der Waals surface area contributed by atoms with Crippen molar-refractivity contribution in [2.45, 2.75) is 121 Å². The topological polar surface area (TPSA) is 128 Å². The van der Waals surface area contributed by atoms with Gasteiger partial charge in [-0.2, -0.15) is 0 Å². The number of nitrogens with one attached hydrogen (secondary N) is 2. The number of carbonyl (C=O) groups is 4. The molecular formula is C45H58ClN7O4. The Morgan fingerprint density at radius 2 is 1.61 bits per heavy atom. The quantitative estimate of drug-likeness (QED) is 0.112. The normalized spacial score (nSPS) is 21.1. The zero-order valence-electron chi connectivity index (χ0n) is 33.6. The molecule has 0 spiro atoms. The molecule has 11 nitrogen and oxygen atoms in total. The Hall–Kier alpha value is -4.35. The fourth-order valence-electron chi connectivity index (χ4n) is 9.44. The van der Waals surface area contributed by atoms with Crippen LogP contribution in [0.2, 0.25) is 5.02 Å². The van der Waals surface area contributed by atoms with Gasteiger partial charge in [0.2, 0.25) is 17.7 Å². The van der Waals surface area contributed by atoms with Gasteiger partial charge >= 0.3 is 0 Å². The predicted molar refractivity (Wildman–Crippen MR) is 222 cm³/mol. The van der Waals surface area contributed by atoms with E-state index in [0.717, 1.165) is 75.1 Å². The Labute approximate surface area is 342 Å². The van der Waals surface area contributed by atoms with E-state index >= 15 is 0 Å². The van der Waals surface area contributed by atoms with Gasteiger partial charge in [0.25, 0.3) is 5.91 Å². The SMILES string of the molecule is C[C@@H]1C[C@@H](C)c2c1ncnc2N1CCN(C(=O)[C@H](CNCCCCCCCCCCc2cccc3c2CN(C2CCC(=O)NC2=O)C3=O)c2ccc(Cl)cc2)CC1. The number of nitrogens with zero attached hydrogens (tertiary/aromatic N) is 5. The number of piperidine rings is 1. The summed E-state index contributed by atoms with van der Waals surface area (Å²) in [5.74, 6) is 1.11. The zero-order valence-corrected chi connectivity index (χ0v) is 34.4. The van der Waals surface area contributed by atoms with E-state index in [0.29, 0.717) is 55.0 Å². The number of amides is 4. The number of carbonyl (C=O) groups excluding carboxylic acids is 4. The third-order valence-corrected chi connectivity index (χ3v) is 12.9. The van der Waals surface area contributed by atoms with Gasteiger partial charge < -0.3 is 20.0 Å². The van der Waals surface area contributed by atoms with Crippen LogP contribution in [-0.2, 0) is 27.3 Å². The third kappa shape index (κ3) is 9.52. The number of aromatic nitrogens is 2. The highest BCUT2D eigenvalue weighted by Gasteiger charge is 2.40. The van der Waals surface area contributed by atoms with Gasteiger partial charge in [0.05, 0.1) is 11.6 Å². The highest BCUT2D eigenvalue weighted by Crippen LogP contribution is 2.44. The molecule has 0 bridgehead atoms. The van der Waals surface area contributed by atoms with Crippen LogP contribution in [-0.4, -0.2) is 88.7 Å². The molecule has 3 aliphatic heterocycles. The Kier molecular flexibility index (Phi) is 13.6. The summed E-state index contributed by atoms with van der Waals surface area (Å²) >= 11 is 6.23. The summed E-state index contributed by atoms with van der Waals surface area (Å²) < 4.78 is 0. The van der Waals surface area contributed by atoms with Crippen molar-refractivity contribution in [3.63, 3.8) is 0 Å². The van der Waals surface area contributed by atoms with Crippen molar-refractivity contribution in [2.24, 2.45) is 0 Å². The minimum absolute atomic E-state index is 0.108. The largest absolute Gasteiger partial charge is 0.353 e. The highest BCUT2D eigenvalue weighted by atomic mass is 35.5. The van der Waals surface area contributed by atoms with Gasteiger partial charge in [0.1, 0.15) is 18.2 Å². The third-order valence-electron chi connectivity index (χ3n) is 12.6. The molecule has 4 heterocycles. The van der Waals surface area contributed by atoms with Gasteiger partial charge in [-0.05, 0) is 85.4 Å². The molecule has 304 valence electrons. The number of imide groups is 1. The van der Waals surface area contributed by atoms with E-state index in [9.17, 15) is 19.2 Å². The monoisotopic (exact) mass is 795 g/mol. The van der Waals surface area contributed by atoms with Gasteiger partial charge in [-0.15, -0.1) is 0 Å². The first-order chi connectivity index (χ1) is 27.7. The highest BCUT2D eigenvalue weighted by molar-refractivity contribution is 6.30. The molecule has 0 radical (unpaired) electrons. The molecule has 1 aliphatic carbocycles. The number of aryl methyl sites for hydroxylation is 1. The molecule has 12 heteroatoms. The summed E-state index contributed by atoms with van der Waals surface area (Å²) in [6, 6.07) is 13.1. The molecule has 2 N–H and O–H groups in total. The Morgan fingerprint density at radius 3 is 2.35 bits per heavy atom. The molecule has 4 aliphatic rings. The molecule has 2 fully saturated rings. The number of halogens is 1. The molecule has 2 aromatic carbocycles. The second-order valence-electron chi connectivity index (χ2n) is 16.6. The smallest absolute Gasteiger partial charge is 0.255 e. The minimum Gasteiger partial charge on any atom is -0.353 e. The first-order valence-corrected chi connectivity index (χ1v) is 21.7. The second kappa shape index (κ2) is 18.9. The Bertz CT molecular complexity index is 1910. The number of anilines is 1. The van der Waals surface area contributed by atoms with Crippen molar-refractivity contribution < 1.29 is 19.2 Å². The van der Waals surface area contributed by atoms with Crippen molar-refractivity contribution in [3.05, 3.63) is 87.3 Å². The van der Waals surface area contributed by atoms with Gasteiger partial charge in [0, 0.05) is 61.8 Å². The van der Waals surface area contributed by atoms with Crippen LogP contribution in [0.4, 0.5) is 5.82 Å². The lowest BCUT2D eigenvalue weighted by Crippen LogP contribution is -2.52. The van der Waals surface area contributed by atoms with Crippen molar-refractivity contribution in [2.75, 3.05) is 44.2 Å². The fourth-order valence-corrected chi connectivity index (χ4v) is 9.56. The maximum Gasteiger partial charge on any atom is 0.255 e. The second-order valence-corrected chi connectivity index (χ2v) is 17.0. The molecule has 4 atom stereocenters. The molecule has 7 rings (SSSR count). The van der Waals surface area contributed by atoms with Crippen LogP contribution in [0.3, 0.4) is 0 Å². The molecule has 2 saturated heterocycles. The maximum atomic E-state index is 14.0. The first kappa shape index (κ1) is 40.8. The van der Waals surface area contributed by atoms with Crippen LogP contribution in [0.5, 0.6) is 0 Å². The van der Waals surface area contributed by atoms with E-state index in [-0.39, 0.29) is 36.0 Å². The molecule has 3 aromatic rings. The van der Waals surface area contributed by atoms with Gasteiger partial charge in [0.15, 0.2) is 0 Å². The lowest BCUT2D eigenvalue weighted by Gasteiger charge is -2.38. The maximum absolute atomic E-state index is 14.0. The molecular weight excluding hydrogens is 738 g/mol. The summed E-state index contributed by atoms with van der Waals surface area (Å²) in [5, 5.41) is 6.66. The average molecular weight is 796 g/mol. The summed E-state index contributed by atoms with van der Waals surface area (Å²) in [4.78, 5) is 66.5. The van der Waals surface area contributed by atoms with Crippen molar-refractivity contribution in [1.29, 1.82) is 0 Å². The minimum atomic E-state index is -0.579. The van der Waals surface area contributed by atoms with Gasteiger partial charge in [-0.25, -0.2) is 9.97 Å². The van der Waals surface area contributed by atoms with E-state index in [1.54, 1.807) is 11.2 Å². The number of fused-ring (bicyclic) bond motifs is 2. The predicted octanol–water partition coefficient (Wildman–Crippen LogP) is 6.89. The number of rotatable bonds is 17. The number of unbranched alkanes of at least 4 members (excludes halogenated alkanes) is 7. The van der Waals surface area contributed by atoms with Crippen LogP contribution in [0, 0.1) is 0 Å². The van der Waals surface area contributed by atoms with Crippen LogP contribution in [0.15, 0.2) is 48.8 Å². The summed E-state index contributed by atoms with van der Waals surface area (Å²) in [6.07, 6.45) is 13.6. The lowest BCUT2D eigenvalue weighted by molar-refractivity contribution is -0.137. The molecule has 57 heavy (non-hydrogen) atoms. The van der Waals surface area contributed by atoms with Crippen molar-refractivity contribution >= 4 is 41.0 Å². The van der Waals surface area contributed by atoms with Crippen molar-refractivity contribution in [3.8, 4) is 0 Å². The summed E-state index contributed by atoms with van der Waals surface area (Å²) in [5.41, 5.74) is 6.39. The number of benzene rings is 2. The number of piperazine rings is 1. The van der Waals surface area contributed by atoms with Gasteiger partial charge in [-0.3, -0.25) is 24.5 Å². The van der Waals surface area contributed by atoms with E-state index in [2.05, 4.69) is 40.4 Å². The van der Waals surface area contributed by atoms with Crippen LogP contribution in [0.1, 0.15) is 141 Å². The number of hydrogen-bond acceptors (Lipinski definition) is 8. The number of hydrogen-bond donors (Lipinski definition) is 2. The van der Waals surface area contributed by atoms with Crippen molar-refractivity contribution in [1.82, 2.24) is 30.4 Å². The molecule has 4 amide bonds. The average Bonchev–Trinajstić information content (AvgIpc) is 3.71. The zero-order chi connectivity index (χ0) is 39.9. The Balaban J connectivity index is 0.791. The molecule has 1 aromatic heterocycles. The van der Waals surface area contributed by atoms with E-state index in [1.807, 2.05) is 41.3 Å². The summed E-state index contributed by atoms with van der Waals surface area (Å²) in [7, 11) is 0. The molecule has 0 saturated carbocycles. The van der Waals surface area contributed by atoms with E-state index in [4.69, 9.17) is 16.6 Å². The molecule has 1 unspecified atom stereocenters. The van der Waals surface area contributed by atoms with Crippen LogP contribution < -0.4 is 15.5 Å². The standard InChI is InChI=1S/C45H58ClN7O4/c1-30-26-31(2)41-40(30)42(49-29-48-41)51-22-24-52(25-23-51)44(56)36(33-15-17-34(46)18-16-33)27-47-21-10-8-6-4-3-5-7-9-12-32-13-11-14-35-37(32)28-53(45(35)57)38-19-20-39(54)50-43(38)55/h11,13-18,29-31,36,38,47H,3-10,12,19-28H2,1-2H3,(H,50,54,55)/t30-,31-,36-,38?/m1/s1. The van der Waals surface area contributed by atoms with Gasteiger partial charge in [-0.1, -0.05) is 88.2 Å². The Morgan fingerprint density at radius 1 is 0.895 bits per heavy atom. The first-order valence-electron chi connectivity index (χ1n) is 21.3. The lowest BCUT2D eigenvalue weighted by atomic mass is 9.96. The van der Waals surface area contributed by atoms with E-state index < -0.39 is 6.04 Å². The van der Waals surface area contributed by atoms with E-state index in [1.165, 1.54) is 42.5 Å². The van der Waals surface area contributed by atoms with Crippen LogP contribution >= 0.6 is 11.6 Å². The fraction of sp³-hybridized carbons (Fsp3) is 0.556. The van der Waals surface area contributed by atoms with Crippen LogP contribution in [0.25, 0.3) is 0 Å².